The Hall–Kier alpha value is -3.06. The lowest BCUT2D eigenvalue weighted by atomic mass is 10.3. The van der Waals surface area contributed by atoms with E-state index in [0.717, 1.165) is 16.4 Å². The van der Waals surface area contributed by atoms with Crippen molar-refractivity contribution < 1.29 is 21.6 Å². The monoisotopic (exact) mass is 449 g/mol. The van der Waals surface area contributed by atoms with Crippen molar-refractivity contribution in [2.45, 2.75) is 9.79 Å². The van der Waals surface area contributed by atoms with Gasteiger partial charge in [0.2, 0.25) is 10.0 Å². The average Bonchev–Trinajstić information content (AvgIpc) is 3.23. The van der Waals surface area contributed by atoms with E-state index in [1.807, 2.05) is 10.9 Å². The number of carbonyl (C=O) groups is 1. The van der Waals surface area contributed by atoms with E-state index in [9.17, 15) is 21.6 Å². The van der Waals surface area contributed by atoms with Crippen molar-refractivity contribution in [3.8, 4) is 5.69 Å². The zero-order valence-corrected chi connectivity index (χ0v) is 17.7. The molecule has 1 aromatic heterocycles. The van der Waals surface area contributed by atoms with Gasteiger partial charge in [-0.25, -0.2) is 26.1 Å². The summed E-state index contributed by atoms with van der Waals surface area (Å²) < 4.78 is 51.6. The zero-order valence-electron chi connectivity index (χ0n) is 16.1. The predicted molar refractivity (Wildman–Crippen MR) is 109 cm³/mol. The van der Waals surface area contributed by atoms with Crippen LogP contribution in [0, 0.1) is 0 Å². The van der Waals surface area contributed by atoms with Crippen LogP contribution >= 0.6 is 0 Å². The van der Waals surface area contributed by atoms with Crippen LogP contribution in [0.5, 0.6) is 0 Å². The lowest BCUT2D eigenvalue weighted by Gasteiger charge is -2.12. The van der Waals surface area contributed by atoms with E-state index in [-0.39, 0.29) is 15.5 Å². The molecule has 1 amide bonds. The normalized spacial score (nSPS) is 12.1. The van der Waals surface area contributed by atoms with E-state index in [1.54, 1.807) is 24.3 Å². The molecule has 0 saturated carbocycles. The quantitative estimate of drug-likeness (QED) is 0.512. The molecule has 0 aliphatic carbocycles. The number of hydrogen-bond acceptors (Lipinski definition) is 6. The molecule has 0 spiro atoms. The Kier molecular flexibility index (Phi) is 6.03. The Morgan fingerprint density at radius 2 is 1.53 bits per heavy atom. The summed E-state index contributed by atoms with van der Waals surface area (Å²) in [5, 5.41) is 0. The van der Waals surface area contributed by atoms with Gasteiger partial charge >= 0.3 is 0 Å². The topological polar surface area (TPSA) is 130 Å². The molecular formula is C18H19N5O5S2. The van der Waals surface area contributed by atoms with Crippen LogP contribution in [-0.4, -0.2) is 50.7 Å². The minimum Gasteiger partial charge on any atom is -0.295 e. The Balaban J connectivity index is 1.75. The molecule has 0 unspecified atom stereocenters. The lowest BCUT2D eigenvalue weighted by Crippen LogP contribution is -2.42. The SMILES string of the molecule is CN(C)S(=O)(=O)c1ccc(S(=O)(=O)NNC(=O)c2cncn2-c2ccccc2)cc1. The highest BCUT2D eigenvalue weighted by Crippen LogP contribution is 2.16. The fourth-order valence-corrected chi connectivity index (χ4v) is 4.24. The maximum atomic E-state index is 12.5. The number of aromatic nitrogens is 2. The van der Waals surface area contributed by atoms with Crippen molar-refractivity contribution in [1.82, 2.24) is 24.1 Å². The molecule has 0 saturated heterocycles. The van der Waals surface area contributed by atoms with Crippen molar-refractivity contribution in [3.63, 3.8) is 0 Å². The van der Waals surface area contributed by atoms with Crippen LogP contribution in [0.3, 0.4) is 0 Å². The third-order valence-electron chi connectivity index (χ3n) is 4.12. The number of nitrogens with one attached hydrogen (secondary N) is 2. The van der Waals surface area contributed by atoms with Crippen LogP contribution in [0.2, 0.25) is 0 Å². The van der Waals surface area contributed by atoms with Crippen molar-refractivity contribution in [2.24, 2.45) is 0 Å². The summed E-state index contributed by atoms with van der Waals surface area (Å²) in [4.78, 5) is 18.1. The molecule has 10 nitrogen and oxygen atoms in total. The van der Waals surface area contributed by atoms with Crippen LogP contribution in [0.15, 0.2) is 76.9 Å². The van der Waals surface area contributed by atoms with E-state index < -0.39 is 26.0 Å². The zero-order chi connectivity index (χ0) is 21.9. The Bertz CT molecular complexity index is 1250. The van der Waals surface area contributed by atoms with Crippen LogP contribution < -0.4 is 10.3 Å². The van der Waals surface area contributed by atoms with E-state index in [0.29, 0.717) is 5.69 Å². The van der Waals surface area contributed by atoms with Crippen LogP contribution in [0.4, 0.5) is 0 Å². The molecule has 0 fully saturated rings. The summed E-state index contributed by atoms with van der Waals surface area (Å²) in [6.07, 6.45) is 2.74. The number of para-hydroxylation sites is 1. The largest absolute Gasteiger partial charge is 0.295 e. The molecule has 0 atom stereocenters. The number of rotatable bonds is 7. The summed E-state index contributed by atoms with van der Waals surface area (Å²) in [5.41, 5.74) is 2.94. The van der Waals surface area contributed by atoms with E-state index >= 15 is 0 Å². The number of hydrogen-bond donors (Lipinski definition) is 2. The van der Waals surface area contributed by atoms with E-state index in [1.165, 1.54) is 43.3 Å². The molecule has 12 heteroatoms. The van der Waals surface area contributed by atoms with Gasteiger partial charge in [-0.05, 0) is 36.4 Å². The smallest absolute Gasteiger partial charge is 0.284 e. The molecule has 2 N–H and O–H groups in total. The molecular weight excluding hydrogens is 430 g/mol. The molecule has 1 heterocycles. The molecule has 0 bridgehead atoms. The fourth-order valence-electron chi connectivity index (χ4n) is 2.50. The van der Waals surface area contributed by atoms with Gasteiger partial charge in [-0.1, -0.05) is 18.2 Å². The maximum Gasteiger partial charge on any atom is 0.284 e. The first kappa shape index (κ1) is 21.6. The maximum absolute atomic E-state index is 12.5. The van der Waals surface area contributed by atoms with Gasteiger partial charge in [0.1, 0.15) is 5.69 Å². The molecule has 3 rings (SSSR count). The third kappa shape index (κ3) is 4.41. The van der Waals surface area contributed by atoms with Crippen molar-refractivity contribution in [3.05, 3.63) is 72.8 Å². The number of sulfonamides is 2. The third-order valence-corrected chi connectivity index (χ3v) is 7.21. The first-order chi connectivity index (χ1) is 14.1. The molecule has 158 valence electrons. The number of imidazole rings is 1. The standard InChI is InChI=1S/C18H19N5O5S2/c1-22(2)30(27,28)16-10-8-15(9-11-16)29(25,26)21-20-18(24)17-12-19-13-23(17)14-6-4-3-5-7-14/h3-13,21H,1-2H3,(H,20,24). The highest BCUT2D eigenvalue weighted by Gasteiger charge is 2.21. The Morgan fingerprint density at radius 1 is 0.933 bits per heavy atom. The molecule has 3 aromatic rings. The highest BCUT2D eigenvalue weighted by atomic mass is 32.2. The van der Waals surface area contributed by atoms with Gasteiger partial charge < -0.3 is 0 Å². The predicted octanol–water partition coefficient (Wildman–Crippen LogP) is 0.746. The summed E-state index contributed by atoms with van der Waals surface area (Å²) >= 11 is 0. The van der Waals surface area contributed by atoms with Crippen molar-refractivity contribution in [1.29, 1.82) is 0 Å². The molecule has 30 heavy (non-hydrogen) atoms. The van der Waals surface area contributed by atoms with Crippen molar-refractivity contribution >= 4 is 26.0 Å². The Morgan fingerprint density at radius 3 is 2.13 bits per heavy atom. The van der Waals surface area contributed by atoms with Crippen molar-refractivity contribution in [2.75, 3.05) is 14.1 Å². The summed E-state index contributed by atoms with van der Waals surface area (Å²) in [6.45, 7) is 0. The van der Waals surface area contributed by atoms with Gasteiger partial charge in [0.25, 0.3) is 15.9 Å². The average molecular weight is 450 g/mol. The van der Waals surface area contributed by atoms with Gasteiger partial charge in [0.15, 0.2) is 0 Å². The van der Waals surface area contributed by atoms with E-state index in [2.05, 4.69) is 10.4 Å². The summed E-state index contributed by atoms with van der Waals surface area (Å²) in [5.74, 6) is -0.716. The summed E-state index contributed by atoms with van der Waals surface area (Å²) in [6, 6.07) is 13.6. The number of benzene rings is 2. The lowest BCUT2D eigenvalue weighted by molar-refractivity contribution is 0.0938. The Labute approximate surface area is 174 Å². The number of nitrogens with zero attached hydrogens (tertiary/aromatic N) is 3. The first-order valence-electron chi connectivity index (χ1n) is 8.55. The molecule has 0 aliphatic heterocycles. The molecule has 2 aromatic carbocycles. The van der Waals surface area contributed by atoms with Gasteiger partial charge in [0, 0.05) is 19.8 Å². The second-order valence-corrected chi connectivity index (χ2v) is 10.1. The fraction of sp³-hybridized carbons (Fsp3) is 0.111. The van der Waals surface area contributed by atoms with Gasteiger partial charge in [-0.2, -0.15) is 0 Å². The van der Waals surface area contributed by atoms with Gasteiger partial charge in [0.05, 0.1) is 22.3 Å². The van der Waals surface area contributed by atoms with Gasteiger partial charge in [-0.3, -0.25) is 14.8 Å². The first-order valence-corrected chi connectivity index (χ1v) is 11.5. The highest BCUT2D eigenvalue weighted by molar-refractivity contribution is 7.89. The second-order valence-electron chi connectivity index (χ2n) is 6.30. The van der Waals surface area contributed by atoms with E-state index in [4.69, 9.17) is 0 Å². The number of amides is 1. The second kappa shape index (κ2) is 8.36. The van der Waals surface area contributed by atoms with Crippen LogP contribution in [-0.2, 0) is 20.0 Å². The van der Waals surface area contributed by atoms with Crippen LogP contribution in [0.1, 0.15) is 10.5 Å². The minimum atomic E-state index is -4.13. The van der Waals surface area contributed by atoms with Crippen LogP contribution in [0.25, 0.3) is 5.69 Å². The van der Waals surface area contributed by atoms with Gasteiger partial charge in [-0.15, -0.1) is 4.83 Å². The number of hydrazine groups is 1. The molecule has 0 radical (unpaired) electrons. The molecule has 0 aliphatic rings. The minimum absolute atomic E-state index is 0.0535. The summed E-state index contributed by atoms with van der Waals surface area (Å²) in [7, 11) is -5.07. The number of carbonyl (C=O) groups excluding carboxylic acids is 1.